The molecule has 4 fully saturated rings. The summed E-state index contributed by atoms with van der Waals surface area (Å²) in [5.74, 6) is 1.92. The summed E-state index contributed by atoms with van der Waals surface area (Å²) in [5, 5.41) is 0. The molecule has 4 aromatic heterocycles. The highest BCUT2D eigenvalue weighted by Gasteiger charge is 2.57. The quantitative estimate of drug-likeness (QED) is 0.0770. The summed E-state index contributed by atoms with van der Waals surface area (Å²) >= 11 is 0. The zero-order valence-electron chi connectivity index (χ0n) is 40.7. The van der Waals surface area contributed by atoms with Gasteiger partial charge in [0.2, 0.25) is 0 Å². The molecule has 4 saturated heterocycles. The first kappa shape index (κ1) is 53.8. The SMILES string of the molecule is Cc1nc2c(N(C)C)ncnc2n1[C@@H]1O[C@H](COP(=O)(O)OP(=O)(O)OP(=O)(O)OP(=O)(O)OC[C@H]2O[C@@H](n3c(C)nc4c(N(C)C)ncnc43)[C@H]3OC(Cc4ccccc4)OC23)C2OC(Cc3ccccc3)OC21. The van der Waals surface area contributed by atoms with E-state index in [4.69, 9.17) is 37.5 Å². The van der Waals surface area contributed by atoms with Gasteiger partial charge in [0, 0.05) is 41.0 Å². The third kappa shape index (κ3) is 11.5. The van der Waals surface area contributed by atoms with Crippen molar-refractivity contribution in [3.8, 4) is 0 Å². The number of ether oxygens (including phenoxy) is 6. The molecule has 4 N–H and O–H groups in total. The summed E-state index contributed by atoms with van der Waals surface area (Å²) < 4.78 is 117. The number of anilines is 2. The van der Waals surface area contributed by atoms with E-state index in [1.807, 2.05) is 60.7 Å². The van der Waals surface area contributed by atoms with E-state index in [-0.39, 0.29) is 0 Å². The van der Waals surface area contributed by atoms with Crippen LogP contribution in [0.15, 0.2) is 73.3 Å². The van der Waals surface area contributed by atoms with E-state index in [2.05, 4.69) is 42.8 Å². The molecule has 8 heterocycles. The summed E-state index contributed by atoms with van der Waals surface area (Å²) in [6.07, 6.45) is -6.52. The van der Waals surface area contributed by atoms with Crippen molar-refractivity contribution in [1.82, 2.24) is 39.0 Å². The third-order valence-corrected chi connectivity index (χ3v) is 18.2. The fraction of sp³-hybridized carbons (Fsp3) is 0.476. The van der Waals surface area contributed by atoms with Crippen molar-refractivity contribution >= 4 is 65.3 Å². The number of hydrogen-bond donors (Lipinski definition) is 4. The van der Waals surface area contributed by atoms with Crippen LogP contribution in [-0.4, -0.2) is 149 Å². The molecule has 10 rings (SSSR count). The summed E-state index contributed by atoms with van der Waals surface area (Å²) in [6, 6.07) is 18.6. The van der Waals surface area contributed by atoms with Crippen LogP contribution in [0.1, 0.15) is 35.2 Å². The topological polar surface area (TPSA) is 344 Å². The maximum absolute atomic E-state index is 13.3. The van der Waals surface area contributed by atoms with Crippen molar-refractivity contribution in [3.63, 3.8) is 0 Å². The van der Waals surface area contributed by atoms with Crippen LogP contribution >= 0.6 is 31.3 Å². The normalized spacial score (nSPS) is 28.7. The molecule has 14 atom stereocenters. The monoisotopic (exact) mass is 1120 g/mol. The molecule has 0 saturated carbocycles. The predicted octanol–water partition coefficient (Wildman–Crippen LogP) is 4.40. The second-order valence-electron chi connectivity index (χ2n) is 18.1. The number of rotatable bonds is 20. The second-order valence-corrected chi connectivity index (χ2v) is 24.3. The van der Waals surface area contributed by atoms with Gasteiger partial charge in [0.05, 0.1) is 13.2 Å². The molecule has 9 unspecified atom stereocenters. The van der Waals surface area contributed by atoms with Crippen LogP contribution in [0.2, 0.25) is 0 Å². The fourth-order valence-corrected chi connectivity index (χ4v) is 14.3. The zero-order valence-corrected chi connectivity index (χ0v) is 44.3. The van der Waals surface area contributed by atoms with Crippen LogP contribution in [-0.2, 0) is 81.5 Å². The van der Waals surface area contributed by atoms with E-state index in [0.717, 1.165) is 11.1 Å². The van der Waals surface area contributed by atoms with Crippen molar-refractivity contribution in [2.45, 2.75) is 88.3 Å². The van der Waals surface area contributed by atoms with Crippen molar-refractivity contribution < 1.29 is 88.2 Å². The first-order valence-corrected chi connectivity index (χ1v) is 29.0. The van der Waals surface area contributed by atoms with E-state index in [1.165, 1.54) is 12.7 Å². The lowest BCUT2D eigenvalue weighted by Crippen LogP contribution is -2.32. The summed E-state index contributed by atoms with van der Waals surface area (Å²) in [7, 11) is -16.7. The van der Waals surface area contributed by atoms with E-state index >= 15 is 0 Å². The van der Waals surface area contributed by atoms with Gasteiger partial charge in [-0.2, -0.15) is 12.9 Å². The lowest BCUT2D eigenvalue weighted by molar-refractivity contribution is -0.149. The molecule has 0 amide bonds. The molecule has 2 aromatic carbocycles. The predicted molar refractivity (Wildman–Crippen MR) is 258 cm³/mol. The van der Waals surface area contributed by atoms with Crippen molar-refractivity contribution in [1.29, 1.82) is 0 Å². The average molecular weight is 1120 g/mol. The Morgan fingerprint density at radius 2 is 0.880 bits per heavy atom. The molecule has 404 valence electrons. The van der Waals surface area contributed by atoms with E-state index in [0.29, 0.717) is 58.5 Å². The molecule has 4 aliphatic rings. The summed E-state index contributed by atoms with van der Waals surface area (Å²) in [5.41, 5.74) is 3.40. The number of aromatic nitrogens is 8. The van der Waals surface area contributed by atoms with E-state index in [9.17, 15) is 37.8 Å². The molecule has 29 nitrogen and oxygen atoms in total. The van der Waals surface area contributed by atoms with Crippen molar-refractivity contribution in [3.05, 3.63) is 96.1 Å². The smallest absolute Gasteiger partial charge is 0.361 e. The van der Waals surface area contributed by atoms with Gasteiger partial charge in [0.1, 0.15) is 60.9 Å². The highest BCUT2D eigenvalue weighted by Crippen LogP contribution is 2.71. The standard InChI is InChI=1S/C42H52N10O19P4/c1-23-47-31-37(49(3)4)43-21-45-39(31)51(23)41-35-33(65-29(67-35)17-25-13-9-7-10-14-25)27(63-41)19-61-72(53,54)69-74(57,58)71-75(59,60)70-73(55,56)62-20-28-34-36(68-30(66-34)18-26-15-11-8-12-16-26)42(64-28)52-24(2)48-32-38(50(5)6)44-22-46-40(32)52/h7-16,21-22,27-30,33-36,41-42H,17-20H2,1-6H3,(H,53,54)(H,55,56)(H,57,58)(H,59,60)/t27-,28-,29?,30?,33?,34?,35+,36?,41-,42-/m1/s1. The van der Waals surface area contributed by atoms with Crippen LogP contribution in [0.25, 0.3) is 22.3 Å². The third-order valence-electron chi connectivity index (χ3n) is 12.3. The second kappa shape index (κ2) is 21.0. The Morgan fingerprint density at radius 3 is 1.25 bits per heavy atom. The Morgan fingerprint density at radius 1 is 0.520 bits per heavy atom. The van der Waals surface area contributed by atoms with E-state index in [1.54, 1.807) is 61.0 Å². The van der Waals surface area contributed by atoms with Crippen LogP contribution in [0.4, 0.5) is 11.6 Å². The molecule has 0 spiro atoms. The van der Waals surface area contributed by atoms with Crippen LogP contribution < -0.4 is 9.80 Å². The first-order chi connectivity index (χ1) is 35.5. The van der Waals surface area contributed by atoms with Crippen LogP contribution in [0, 0.1) is 13.8 Å². The van der Waals surface area contributed by atoms with Gasteiger partial charge in [-0.25, -0.2) is 48.2 Å². The van der Waals surface area contributed by atoms with Gasteiger partial charge >= 0.3 is 31.3 Å². The molecule has 0 aliphatic carbocycles. The fourth-order valence-electron chi connectivity index (χ4n) is 9.37. The number of hydrogen-bond acceptors (Lipinski definition) is 23. The van der Waals surface area contributed by atoms with Gasteiger partial charge < -0.3 is 57.8 Å². The van der Waals surface area contributed by atoms with Gasteiger partial charge in [0.25, 0.3) is 0 Å². The van der Waals surface area contributed by atoms with Gasteiger partial charge in [-0.05, 0) is 25.0 Å². The maximum atomic E-state index is 13.3. The molecule has 6 aromatic rings. The zero-order chi connectivity index (χ0) is 53.2. The highest BCUT2D eigenvalue weighted by atomic mass is 31.3. The molecular formula is C42H52N10O19P4. The van der Waals surface area contributed by atoms with Crippen molar-refractivity contribution in [2.75, 3.05) is 51.2 Å². The van der Waals surface area contributed by atoms with E-state index < -0.39 is 106 Å². The highest BCUT2D eigenvalue weighted by molar-refractivity contribution is 7.69. The van der Waals surface area contributed by atoms with Gasteiger partial charge in [0.15, 0.2) is 59.0 Å². The Bertz CT molecular complexity index is 3040. The number of imidazole rings is 2. The Kier molecular flexibility index (Phi) is 15.1. The minimum atomic E-state index is -6.19. The van der Waals surface area contributed by atoms with Crippen molar-refractivity contribution in [2.24, 2.45) is 0 Å². The number of aryl methyl sites for hydroxylation is 2. The average Bonchev–Trinajstić information content (AvgIpc) is 4.18. The van der Waals surface area contributed by atoms with Crippen LogP contribution in [0.5, 0.6) is 0 Å². The number of fused-ring (bicyclic) bond motifs is 4. The number of nitrogens with zero attached hydrogens (tertiary/aromatic N) is 10. The first-order valence-electron chi connectivity index (χ1n) is 23.0. The molecule has 75 heavy (non-hydrogen) atoms. The maximum Gasteiger partial charge on any atom is 0.490 e. The van der Waals surface area contributed by atoms with Gasteiger partial charge in [-0.15, -0.1) is 0 Å². The molecule has 0 bridgehead atoms. The van der Waals surface area contributed by atoms with Crippen LogP contribution in [0.3, 0.4) is 0 Å². The summed E-state index contributed by atoms with van der Waals surface area (Å²) in [4.78, 5) is 72.6. The minimum Gasteiger partial charge on any atom is -0.361 e. The lowest BCUT2D eigenvalue weighted by Gasteiger charge is -2.23. The molecule has 0 radical (unpaired) electrons. The largest absolute Gasteiger partial charge is 0.490 e. The minimum absolute atomic E-state index is 0.305. The van der Waals surface area contributed by atoms with Gasteiger partial charge in [-0.1, -0.05) is 60.7 Å². The molecule has 33 heteroatoms. The Balaban J connectivity index is 0.795. The molecule has 4 aliphatic heterocycles. The summed E-state index contributed by atoms with van der Waals surface area (Å²) in [6.45, 7) is 1.72. The lowest BCUT2D eigenvalue weighted by atomic mass is 10.1. The number of phosphoric acid groups is 4. The van der Waals surface area contributed by atoms with Gasteiger partial charge in [-0.3, -0.25) is 18.2 Å². The number of phosphoric ester groups is 2. The Labute approximate surface area is 427 Å². The number of benzene rings is 2. The molecular weight excluding hydrogens is 1070 g/mol. The Hall–Kier alpha value is -4.54.